The summed E-state index contributed by atoms with van der Waals surface area (Å²) in [5, 5.41) is 3.19. The van der Waals surface area contributed by atoms with E-state index in [1.165, 1.54) is 31.2 Å². The lowest BCUT2D eigenvalue weighted by atomic mass is 10.1. The quantitative estimate of drug-likeness (QED) is 0.730. The number of rotatable bonds is 6. The maximum Gasteiger partial charge on any atom is 0.230 e. The normalized spacial score (nSPS) is 16.1. The van der Waals surface area contributed by atoms with Crippen LogP contribution in [0, 0.1) is 0 Å². The van der Waals surface area contributed by atoms with Gasteiger partial charge in [0.15, 0.2) is 0 Å². The van der Waals surface area contributed by atoms with Gasteiger partial charge in [0.05, 0.1) is 17.3 Å². The Hall–Kier alpha value is -0.680. The summed E-state index contributed by atoms with van der Waals surface area (Å²) in [6.45, 7) is 0. The van der Waals surface area contributed by atoms with E-state index in [9.17, 15) is 4.79 Å². The Kier molecular flexibility index (Phi) is 7.60. The minimum atomic E-state index is 0.171. The maximum atomic E-state index is 12.0. The Bertz CT molecular complexity index is 488. The number of amides is 1. The average Bonchev–Trinajstić information content (AvgIpc) is 2.76. The number of carbonyl (C=O) groups is 1. The van der Waals surface area contributed by atoms with Crippen LogP contribution in [0.3, 0.4) is 0 Å². The van der Waals surface area contributed by atoms with Gasteiger partial charge in [0.1, 0.15) is 5.75 Å². The molecule has 22 heavy (non-hydrogen) atoms. The highest BCUT2D eigenvalue weighted by molar-refractivity contribution is 9.10. The highest BCUT2D eigenvalue weighted by Crippen LogP contribution is 2.27. The molecule has 0 saturated heterocycles. The van der Waals surface area contributed by atoms with Crippen molar-refractivity contribution in [2.24, 2.45) is 0 Å². The molecular formula is C17H24BrNO2S. The molecule has 0 aromatic heterocycles. The molecule has 1 aromatic carbocycles. The van der Waals surface area contributed by atoms with Crippen LogP contribution in [0.25, 0.3) is 0 Å². The van der Waals surface area contributed by atoms with Crippen LogP contribution in [-0.2, 0) is 10.5 Å². The number of halogens is 1. The number of carbonyl (C=O) groups excluding carboxylic acids is 1. The van der Waals surface area contributed by atoms with E-state index in [0.717, 1.165) is 28.8 Å². The van der Waals surface area contributed by atoms with Crippen LogP contribution < -0.4 is 10.1 Å². The third-order valence-electron chi connectivity index (χ3n) is 3.94. The number of nitrogens with one attached hydrogen (secondary N) is 1. The summed E-state index contributed by atoms with van der Waals surface area (Å²) >= 11 is 5.14. The first-order chi connectivity index (χ1) is 10.7. The molecule has 122 valence electrons. The van der Waals surface area contributed by atoms with Crippen molar-refractivity contribution < 1.29 is 9.53 Å². The minimum absolute atomic E-state index is 0.171. The van der Waals surface area contributed by atoms with E-state index in [1.807, 2.05) is 12.1 Å². The lowest BCUT2D eigenvalue weighted by Crippen LogP contribution is -2.35. The number of methoxy groups -OCH3 is 1. The van der Waals surface area contributed by atoms with Crippen LogP contribution in [-0.4, -0.2) is 24.8 Å². The first-order valence-electron chi connectivity index (χ1n) is 7.88. The Morgan fingerprint density at radius 1 is 1.32 bits per heavy atom. The van der Waals surface area contributed by atoms with E-state index in [-0.39, 0.29) is 5.91 Å². The molecule has 0 radical (unpaired) electrons. The molecule has 3 nitrogen and oxygen atoms in total. The number of ether oxygens (including phenoxy) is 1. The third-order valence-corrected chi connectivity index (χ3v) is 5.56. The van der Waals surface area contributed by atoms with Crippen molar-refractivity contribution in [2.45, 2.75) is 50.3 Å². The molecule has 0 bridgehead atoms. The van der Waals surface area contributed by atoms with Gasteiger partial charge in [-0.3, -0.25) is 4.79 Å². The maximum absolute atomic E-state index is 12.0. The van der Waals surface area contributed by atoms with Gasteiger partial charge in [-0.1, -0.05) is 31.7 Å². The zero-order valence-corrected chi connectivity index (χ0v) is 15.5. The molecular weight excluding hydrogens is 362 g/mol. The summed E-state index contributed by atoms with van der Waals surface area (Å²) in [7, 11) is 1.66. The molecule has 0 aliphatic heterocycles. The molecule has 5 heteroatoms. The highest BCUT2D eigenvalue weighted by atomic mass is 79.9. The molecule has 1 aromatic rings. The van der Waals surface area contributed by atoms with Crippen LogP contribution >= 0.6 is 27.7 Å². The van der Waals surface area contributed by atoms with Crippen LogP contribution in [0.4, 0.5) is 0 Å². The zero-order chi connectivity index (χ0) is 15.8. The lowest BCUT2D eigenvalue weighted by Gasteiger charge is -2.16. The Balaban J connectivity index is 1.71. The number of thioether (sulfide) groups is 1. The summed E-state index contributed by atoms with van der Waals surface area (Å²) in [6.07, 6.45) is 7.40. The largest absolute Gasteiger partial charge is 0.496 e. The summed E-state index contributed by atoms with van der Waals surface area (Å²) in [4.78, 5) is 12.0. The molecule has 1 saturated carbocycles. The van der Waals surface area contributed by atoms with Crippen molar-refractivity contribution in [2.75, 3.05) is 12.9 Å². The molecule has 0 heterocycles. The molecule has 1 aliphatic rings. The van der Waals surface area contributed by atoms with Gasteiger partial charge in [-0.15, -0.1) is 11.8 Å². The van der Waals surface area contributed by atoms with E-state index in [2.05, 4.69) is 27.3 Å². The smallest absolute Gasteiger partial charge is 0.230 e. The molecule has 1 aliphatic carbocycles. The Morgan fingerprint density at radius 3 is 2.68 bits per heavy atom. The lowest BCUT2D eigenvalue weighted by molar-refractivity contribution is -0.119. The number of hydrogen-bond acceptors (Lipinski definition) is 3. The Labute approximate surface area is 145 Å². The molecule has 0 atom stereocenters. The first-order valence-corrected chi connectivity index (χ1v) is 9.83. The number of benzene rings is 1. The minimum Gasteiger partial charge on any atom is -0.496 e. The van der Waals surface area contributed by atoms with Crippen molar-refractivity contribution in [1.82, 2.24) is 5.32 Å². The van der Waals surface area contributed by atoms with Crippen LogP contribution in [0.1, 0.15) is 44.1 Å². The zero-order valence-electron chi connectivity index (χ0n) is 13.1. The SMILES string of the molecule is COc1ccc(CSCC(=O)NC2CCCCCC2)cc1Br. The second-order valence-corrected chi connectivity index (χ2v) is 7.56. The molecule has 2 rings (SSSR count). The van der Waals surface area contributed by atoms with E-state index in [0.29, 0.717) is 11.8 Å². The number of hydrogen-bond donors (Lipinski definition) is 1. The van der Waals surface area contributed by atoms with Crippen molar-refractivity contribution in [3.63, 3.8) is 0 Å². The predicted molar refractivity (Wildman–Crippen MR) is 96.5 cm³/mol. The van der Waals surface area contributed by atoms with Gasteiger partial charge in [0.25, 0.3) is 0 Å². The second kappa shape index (κ2) is 9.46. The van der Waals surface area contributed by atoms with Gasteiger partial charge >= 0.3 is 0 Å². The monoisotopic (exact) mass is 385 g/mol. The highest BCUT2D eigenvalue weighted by Gasteiger charge is 2.14. The van der Waals surface area contributed by atoms with Crippen LogP contribution in [0.15, 0.2) is 22.7 Å². The van der Waals surface area contributed by atoms with Gasteiger partial charge in [-0.05, 0) is 46.5 Å². The van der Waals surface area contributed by atoms with Gasteiger partial charge < -0.3 is 10.1 Å². The topological polar surface area (TPSA) is 38.3 Å². The van der Waals surface area contributed by atoms with E-state index >= 15 is 0 Å². The first kappa shape index (κ1) is 17.7. The summed E-state index contributed by atoms with van der Waals surface area (Å²) < 4.78 is 6.17. The Morgan fingerprint density at radius 2 is 2.05 bits per heavy atom. The van der Waals surface area contributed by atoms with Gasteiger partial charge in [-0.2, -0.15) is 0 Å². The van der Waals surface area contributed by atoms with Crippen molar-refractivity contribution in [1.29, 1.82) is 0 Å². The molecule has 1 N–H and O–H groups in total. The molecule has 1 amide bonds. The summed E-state index contributed by atoms with van der Waals surface area (Å²) in [6, 6.07) is 6.44. The standard InChI is InChI=1S/C17H24BrNO2S/c1-21-16-9-8-13(10-15(16)18)11-22-12-17(20)19-14-6-4-2-3-5-7-14/h8-10,14H,2-7,11-12H2,1H3,(H,19,20). The van der Waals surface area contributed by atoms with E-state index < -0.39 is 0 Å². The fourth-order valence-electron chi connectivity index (χ4n) is 2.75. The van der Waals surface area contributed by atoms with Crippen LogP contribution in [0.5, 0.6) is 5.75 Å². The second-order valence-electron chi connectivity index (χ2n) is 5.72. The van der Waals surface area contributed by atoms with Gasteiger partial charge in [0, 0.05) is 11.8 Å². The summed E-state index contributed by atoms with van der Waals surface area (Å²) in [5.41, 5.74) is 1.19. The van der Waals surface area contributed by atoms with E-state index in [4.69, 9.17) is 4.74 Å². The predicted octanol–water partition coefficient (Wildman–Crippen LogP) is 4.53. The molecule has 1 fully saturated rings. The van der Waals surface area contributed by atoms with Crippen LogP contribution in [0.2, 0.25) is 0 Å². The molecule has 0 spiro atoms. The van der Waals surface area contributed by atoms with Crippen molar-refractivity contribution in [3.8, 4) is 5.75 Å². The third kappa shape index (κ3) is 5.84. The van der Waals surface area contributed by atoms with E-state index in [1.54, 1.807) is 18.9 Å². The van der Waals surface area contributed by atoms with Gasteiger partial charge in [-0.25, -0.2) is 0 Å². The summed E-state index contributed by atoms with van der Waals surface area (Å²) in [5.74, 6) is 2.37. The van der Waals surface area contributed by atoms with Crippen molar-refractivity contribution in [3.05, 3.63) is 28.2 Å². The fourth-order valence-corrected chi connectivity index (χ4v) is 4.13. The average molecular weight is 386 g/mol. The molecule has 0 unspecified atom stereocenters. The van der Waals surface area contributed by atoms with Gasteiger partial charge in [0.2, 0.25) is 5.91 Å². The van der Waals surface area contributed by atoms with Crippen molar-refractivity contribution >= 4 is 33.6 Å². The fraction of sp³-hybridized carbons (Fsp3) is 0.588.